The molecule has 0 spiro atoms. The minimum absolute atomic E-state index is 0.359. The van der Waals surface area contributed by atoms with Crippen molar-refractivity contribution < 1.29 is 18.4 Å². The molecule has 0 aliphatic heterocycles. The number of carbonyl (C=O) groups is 2. The molecule has 118 valence electrons. The van der Waals surface area contributed by atoms with Crippen molar-refractivity contribution in [3.63, 3.8) is 0 Å². The summed E-state index contributed by atoms with van der Waals surface area (Å²) in [4.78, 5) is 28.2. The maximum Gasteiger partial charge on any atom is 0.255 e. The van der Waals surface area contributed by atoms with Gasteiger partial charge >= 0.3 is 0 Å². The van der Waals surface area contributed by atoms with Crippen molar-refractivity contribution in [1.29, 1.82) is 0 Å². The van der Waals surface area contributed by atoms with Gasteiger partial charge in [-0.15, -0.1) is 11.3 Å². The highest BCUT2D eigenvalue weighted by molar-refractivity contribution is 7.14. The van der Waals surface area contributed by atoms with Gasteiger partial charge in [-0.05, 0) is 25.1 Å². The third-order valence-corrected chi connectivity index (χ3v) is 3.79. The molecule has 2 N–H and O–H groups in total. The summed E-state index contributed by atoms with van der Waals surface area (Å²) in [6, 6.07) is 4.36. The number of nitrogens with zero attached hydrogens (tertiary/aromatic N) is 1. The zero-order valence-electron chi connectivity index (χ0n) is 12.1. The number of hydrogen-bond donors (Lipinski definition) is 2. The molecular formula is C15H13N3O4S. The van der Waals surface area contributed by atoms with Crippen LogP contribution in [-0.2, 0) is 4.79 Å². The van der Waals surface area contributed by atoms with E-state index in [4.69, 9.17) is 8.83 Å². The Morgan fingerprint density at radius 2 is 2.17 bits per heavy atom. The molecule has 0 radical (unpaired) electrons. The Hall–Kier alpha value is -2.87. The van der Waals surface area contributed by atoms with Crippen LogP contribution in [0.2, 0.25) is 0 Å². The van der Waals surface area contributed by atoms with Crippen LogP contribution >= 0.6 is 11.3 Å². The van der Waals surface area contributed by atoms with Gasteiger partial charge in [0.2, 0.25) is 5.91 Å². The first-order valence-electron chi connectivity index (χ1n) is 6.77. The van der Waals surface area contributed by atoms with Crippen molar-refractivity contribution in [3.05, 3.63) is 47.9 Å². The third kappa shape index (κ3) is 3.49. The number of thiazole rings is 1. The van der Waals surface area contributed by atoms with E-state index >= 15 is 0 Å². The maximum absolute atomic E-state index is 12.1. The monoisotopic (exact) mass is 331 g/mol. The summed E-state index contributed by atoms with van der Waals surface area (Å²) in [5.41, 5.74) is 1.00. The molecule has 3 aromatic heterocycles. The molecule has 0 aromatic carbocycles. The lowest BCUT2D eigenvalue weighted by atomic mass is 10.2. The van der Waals surface area contributed by atoms with Crippen LogP contribution in [0, 0.1) is 0 Å². The van der Waals surface area contributed by atoms with Gasteiger partial charge < -0.3 is 19.5 Å². The van der Waals surface area contributed by atoms with Crippen LogP contribution in [0.5, 0.6) is 0 Å². The lowest BCUT2D eigenvalue weighted by Crippen LogP contribution is -2.41. The second-order valence-corrected chi connectivity index (χ2v) is 5.57. The Balaban J connectivity index is 1.59. The van der Waals surface area contributed by atoms with E-state index in [9.17, 15) is 9.59 Å². The van der Waals surface area contributed by atoms with Crippen LogP contribution < -0.4 is 10.6 Å². The molecule has 0 fully saturated rings. The maximum atomic E-state index is 12.1. The molecule has 0 saturated heterocycles. The number of hydrogen-bond acceptors (Lipinski definition) is 6. The largest absolute Gasteiger partial charge is 0.472 e. The fourth-order valence-corrected chi connectivity index (χ4v) is 2.52. The first-order valence-corrected chi connectivity index (χ1v) is 7.65. The van der Waals surface area contributed by atoms with E-state index in [0.717, 1.165) is 0 Å². The lowest BCUT2D eigenvalue weighted by Gasteiger charge is -2.12. The average Bonchev–Trinajstić information content (AvgIpc) is 3.28. The van der Waals surface area contributed by atoms with Gasteiger partial charge in [0.05, 0.1) is 18.1 Å². The average molecular weight is 331 g/mol. The van der Waals surface area contributed by atoms with Gasteiger partial charge in [0.1, 0.15) is 18.0 Å². The second-order valence-electron chi connectivity index (χ2n) is 4.71. The van der Waals surface area contributed by atoms with Gasteiger partial charge in [-0.25, -0.2) is 4.98 Å². The summed E-state index contributed by atoms with van der Waals surface area (Å²) in [5, 5.41) is 7.46. The standard InChI is InChI=1S/C15H13N3O4S/c1-9(16-14(20)10-4-6-21-7-10)13(19)18-15-17-11(8-23-15)12-3-2-5-22-12/h2-9H,1H3,(H,16,20)(H,17,18,19)/t9-/m1/s1. The summed E-state index contributed by atoms with van der Waals surface area (Å²) < 4.78 is 10.1. The Kier molecular flexibility index (Phi) is 4.24. The summed E-state index contributed by atoms with van der Waals surface area (Å²) in [7, 11) is 0. The summed E-state index contributed by atoms with van der Waals surface area (Å²) >= 11 is 1.28. The topological polar surface area (TPSA) is 97.4 Å². The first-order chi connectivity index (χ1) is 11.1. The molecule has 0 aliphatic rings. The summed E-state index contributed by atoms with van der Waals surface area (Å²) in [6.45, 7) is 1.59. The third-order valence-electron chi connectivity index (χ3n) is 3.03. The molecule has 3 aromatic rings. The van der Waals surface area contributed by atoms with E-state index in [0.29, 0.717) is 22.1 Å². The molecule has 3 heterocycles. The molecule has 0 saturated carbocycles. The van der Waals surface area contributed by atoms with Crippen LogP contribution in [0.3, 0.4) is 0 Å². The first kappa shape index (κ1) is 15.0. The fourth-order valence-electron chi connectivity index (χ4n) is 1.82. The van der Waals surface area contributed by atoms with Crippen LogP contribution in [0.1, 0.15) is 17.3 Å². The molecule has 7 nitrogen and oxygen atoms in total. The molecular weight excluding hydrogens is 318 g/mol. The van der Waals surface area contributed by atoms with Crippen molar-refractivity contribution in [3.8, 4) is 11.5 Å². The number of aromatic nitrogens is 1. The van der Waals surface area contributed by atoms with E-state index in [1.54, 1.807) is 30.7 Å². The highest BCUT2D eigenvalue weighted by atomic mass is 32.1. The van der Waals surface area contributed by atoms with Gasteiger partial charge in [-0.2, -0.15) is 0 Å². The van der Waals surface area contributed by atoms with Crippen molar-refractivity contribution in [1.82, 2.24) is 10.3 Å². The molecule has 8 heteroatoms. The number of nitrogens with one attached hydrogen (secondary N) is 2. The molecule has 2 amide bonds. The number of rotatable bonds is 5. The fraction of sp³-hybridized carbons (Fsp3) is 0.133. The molecule has 0 bridgehead atoms. The van der Waals surface area contributed by atoms with Gasteiger partial charge in [0, 0.05) is 5.38 Å². The molecule has 0 unspecified atom stereocenters. The highest BCUT2D eigenvalue weighted by Crippen LogP contribution is 2.25. The normalized spacial score (nSPS) is 11.9. The van der Waals surface area contributed by atoms with E-state index in [-0.39, 0.29) is 11.8 Å². The number of amides is 2. The van der Waals surface area contributed by atoms with Gasteiger partial charge in [0.15, 0.2) is 10.9 Å². The van der Waals surface area contributed by atoms with E-state index in [1.165, 1.54) is 29.9 Å². The lowest BCUT2D eigenvalue weighted by molar-refractivity contribution is -0.117. The predicted molar refractivity (Wildman–Crippen MR) is 84.1 cm³/mol. The smallest absolute Gasteiger partial charge is 0.255 e. The van der Waals surface area contributed by atoms with Crippen LogP contribution in [-0.4, -0.2) is 22.8 Å². The van der Waals surface area contributed by atoms with Crippen molar-refractivity contribution in [2.45, 2.75) is 13.0 Å². The van der Waals surface area contributed by atoms with Gasteiger partial charge in [-0.3, -0.25) is 9.59 Å². The van der Waals surface area contributed by atoms with Crippen molar-refractivity contribution in [2.75, 3.05) is 5.32 Å². The molecule has 3 rings (SSSR count). The summed E-state index contributed by atoms with van der Waals surface area (Å²) in [6.07, 6.45) is 4.27. The molecule has 1 atom stereocenters. The second kappa shape index (κ2) is 6.49. The van der Waals surface area contributed by atoms with E-state index < -0.39 is 6.04 Å². The van der Waals surface area contributed by atoms with E-state index in [2.05, 4.69) is 15.6 Å². The zero-order valence-corrected chi connectivity index (χ0v) is 12.9. The number of anilines is 1. The SMILES string of the molecule is C[C@@H](NC(=O)c1ccoc1)C(=O)Nc1nc(-c2ccco2)cs1. The van der Waals surface area contributed by atoms with Gasteiger partial charge in [-0.1, -0.05) is 0 Å². The van der Waals surface area contributed by atoms with Crippen LogP contribution in [0.25, 0.3) is 11.5 Å². The van der Waals surface area contributed by atoms with Crippen LogP contribution in [0.4, 0.5) is 5.13 Å². The number of furan rings is 2. The Morgan fingerprint density at radius 1 is 1.30 bits per heavy atom. The number of carbonyl (C=O) groups excluding carboxylic acids is 2. The van der Waals surface area contributed by atoms with Crippen LogP contribution in [0.15, 0.2) is 51.2 Å². The highest BCUT2D eigenvalue weighted by Gasteiger charge is 2.18. The van der Waals surface area contributed by atoms with Gasteiger partial charge in [0.25, 0.3) is 5.91 Å². The minimum atomic E-state index is -0.714. The summed E-state index contributed by atoms with van der Waals surface area (Å²) in [5.74, 6) is -0.109. The predicted octanol–water partition coefficient (Wildman–Crippen LogP) is 2.75. The van der Waals surface area contributed by atoms with E-state index in [1.807, 2.05) is 0 Å². The Bertz CT molecular complexity index is 793. The van der Waals surface area contributed by atoms with Crippen molar-refractivity contribution >= 4 is 28.3 Å². The zero-order chi connectivity index (χ0) is 16.2. The van der Waals surface area contributed by atoms with Crippen molar-refractivity contribution in [2.24, 2.45) is 0 Å². The molecule has 23 heavy (non-hydrogen) atoms. The quantitative estimate of drug-likeness (QED) is 0.749. The Labute approximate surface area is 135 Å². The Morgan fingerprint density at radius 3 is 2.87 bits per heavy atom. The minimum Gasteiger partial charge on any atom is -0.472 e. The molecule has 0 aliphatic carbocycles.